The predicted molar refractivity (Wildman–Crippen MR) is 37.1 cm³/mol. The van der Waals surface area contributed by atoms with Gasteiger partial charge in [-0.25, -0.2) is 10.9 Å². The van der Waals surface area contributed by atoms with Gasteiger partial charge in [0.2, 0.25) is 0 Å². The van der Waals surface area contributed by atoms with Gasteiger partial charge in [-0.3, -0.25) is 4.79 Å². The largest absolute Gasteiger partial charge is 0.293 e. The van der Waals surface area contributed by atoms with Gasteiger partial charge >= 0.3 is 0 Å². The monoisotopic (exact) mass is 136 g/mol. The van der Waals surface area contributed by atoms with Crippen molar-refractivity contribution in [1.82, 2.24) is 10.9 Å². The zero-order valence-electron chi connectivity index (χ0n) is 5.37. The van der Waals surface area contributed by atoms with Crippen LogP contribution in [0.3, 0.4) is 0 Å². The normalized spacial score (nSPS) is 36.6. The molecule has 0 radical (unpaired) electrons. The summed E-state index contributed by atoms with van der Waals surface area (Å²) in [6, 6.07) is 0.0256. The molecule has 3 heteroatoms. The average molecular weight is 136 g/mol. The van der Waals surface area contributed by atoms with E-state index in [2.05, 4.69) is 10.9 Å². The first-order valence-corrected chi connectivity index (χ1v) is 3.28. The van der Waals surface area contributed by atoms with Crippen LogP contribution in [0.1, 0.15) is 0 Å². The van der Waals surface area contributed by atoms with Crippen molar-refractivity contribution in [3.63, 3.8) is 0 Å². The van der Waals surface area contributed by atoms with E-state index in [1.807, 2.05) is 18.2 Å². The van der Waals surface area contributed by atoms with E-state index in [4.69, 9.17) is 0 Å². The number of carbonyl (C=O) groups is 1. The highest BCUT2D eigenvalue weighted by molar-refractivity contribution is 5.96. The van der Waals surface area contributed by atoms with Crippen LogP contribution in [0, 0.1) is 0 Å². The number of hydrazine groups is 1. The number of ketones is 1. The predicted octanol–water partition coefficient (Wildman–Crippen LogP) is -0.474. The van der Waals surface area contributed by atoms with Crippen LogP contribution in [0.25, 0.3) is 0 Å². The van der Waals surface area contributed by atoms with Crippen LogP contribution in [-0.4, -0.2) is 17.9 Å². The topological polar surface area (TPSA) is 41.1 Å². The highest BCUT2D eigenvalue weighted by Gasteiger charge is 2.20. The molecule has 3 aliphatic rings. The summed E-state index contributed by atoms with van der Waals surface area (Å²) in [7, 11) is 0. The van der Waals surface area contributed by atoms with Crippen molar-refractivity contribution in [2.45, 2.75) is 12.1 Å². The van der Waals surface area contributed by atoms with E-state index in [9.17, 15) is 4.79 Å². The number of fused-ring (bicyclic) bond motifs is 2. The Hall–Kier alpha value is -0.930. The molecule has 0 saturated heterocycles. The molecular weight excluding hydrogens is 128 g/mol. The molecule has 52 valence electrons. The summed E-state index contributed by atoms with van der Waals surface area (Å²) >= 11 is 0. The third-order valence-electron chi connectivity index (χ3n) is 1.69. The molecule has 2 atom stereocenters. The molecular formula is C7H8N2O. The molecule has 1 aliphatic carbocycles. The van der Waals surface area contributed by atoms with E-state index >= 15 is 0 Å². The Morgan fingerprint density at radius 1 is 1.20 bits per heavy atom. The van der Waals surface area contributed by atoms with Crippen molar-refractivity contribution in [1.29, 1.82) is 0 Å². The number of rotatable bonds is 0. The van der Waals surface area contributed by atoms with Gasteiger partial charge in [0.1, 0.15) is 6.04 Å². The van der Waals surface area contributed by atoms with Crippen molar-refractivity contribution in [3.05, 3.63) is 24.3 Å². The molecule has 0 amide bonds. The van der Waals surface area contributed by atoms with Gasteiger partial charge in [0, 0.05) is 0 Å². The molecule has 2 N–H and O–H groups in total. The first-order valence-electron chi connectivity index (χ1n) is 3.28. The minimum atomic E-state index is -0.157. The number of hydrogen-bond donors (Lipinski definition) is 2. The minimum absolute atomic E-state index is 0.115. The van der Waals surface area contributed by atoms with E-state index in [0.717, 1.165) is 0 Å². The summed E-state index contributed by atoms with van der Waals surface area (Å²) in [4.78, 5) is 11.0. The fraction of sp³-hybridized carbons (Fsp3) is 0.286. The molecule has 2 bridgehead atoms. The smallest absolute Gasteiger partial charge is 0.177 e. The van der Waals surface area contributed by atoms with E-state index in [-0.39, 0.29) is 17.9 Å². The third-order valence-corrected chi connectivity index (χ3v) is 1.69. The van der Waals surface area contributed by atoms with Crippen LogP contribution in [0.5, 0.6) is 0 Å². The van der Waals surface area contributed by atoms with Gasteiger partial charge in [-0.1, -0.05) is 18.2 Å². The molecule has 3 nitrogen and oxygen atoms in total. The second kappa shape index (κ2) is 2.04. The van der Waals surface area contributed by atoms with E-state index < -0.39 is 0 Å². The number of nitrogens with one attached hydrogen (secondary N) is 2. The molecule has 0 aromatic rings. The zero-order valence-corrected chi connectivity index (χ0v) is 5.37. The molecule has 0 aromatic carbocycles. The van der Waals surface area contributed by atoms with Crippen molar-refractivity contribution in [2.24, 2.45) is 0 Å². The molecule has 10 heavy (non-hydrogen) atoms. The molecule has 2 heterocycles. The number of hydrogen-bond acceptors (Lipinski definition) is 3. The summed E-state index contributed by atoms with van der Waals surface area (Å²) in [5.74, 6) is 0.115. The molecule has 0 spiro atoms. The Bertz CT molecular complexity index is 220. The second-order valence-corrected chi connectivity index (χ2v) is 2.44. The van der Waals surface area contributed by atoms with Crippen LogP contribution in [0.2, 0.25) is 0 Å². The quantitative estimate of drug-likeness (QED) is 0.442. The molecule has 0 unspecified atom stereocenters. The SMILES string of the molecule is O=C1C=C[C@H]2C=C[C@@H]1NN2. The lowest BCUT2D eigenvalue weighted by molar-refractivity contribution is -0.115. The molecule has 0 saturated carbocycles. The van der Waals surface area contributed by atoms with Crippen LogP contribution in [0.15, 0.2) is 24.3 Å². The minimum Gasteiger partial charge on any atom is -0.293 e. The lowest BCUT2D eigenvalue weighted by Crippen LogP contribution is -2.48. The van der Waals surface area contributed by atoms with Crippen molar-refractivity contribution >= 4 is 5.78 Å². The lowest BCUT2D eigenvalue weighted by atomic mass is 10.2. The lowest BCUT2D eigenvalue weighted by Gasteiger charge is -2.18. The molecule has 2 aliphatic heterocycles. The van der Waals surface area contributed by atoms with Crippen LogP contribution in [0.4, 0.5) is 0 Å². The summed E-state index contributed by atoms with van der Waals surface area (Å²) in [6.45, 7) is 0. The average Bonchev–Trinajstić information content (AvgIpc) is 2.24. The van der Waals surface area contributed by atoms with Crippen molar-refractivity contribution < 1.29 is 4.79 Å². The molecule has 3 rings (SSSR count). The van der Waals surface area contributed by atoms with Crippen molar-refractivity contribution in [3.8, 4) is 0 Å². The van der Waals surface area contributed by atoms with E-state index in [0.29, 0.717) is 0 Å². The summed E-state index contributed by atoms with van der Waals surface area (Å²) in [6.07, 6.45) is 7.31. The van der Waals surface area contributed by atoms with Gasteiger partial charge < -0.3 is 0 Å². The van der Waals surface area contributed by atoms with Gasteiger partial charge in [-0.2, -0.15) is 0 Å². The van der Waals surface area contributed by atoms with Crippen LogP contribution < -0.4 is 10.9 Å². The standard InChI is InChI=1S/C7H8N2O/c10-7-4-2-5-1-3-6(7)9-8-5/h1-6,8-9H/t5-,6+/m1/s1. The van der Waals surface area contributed by atoms with E-state index in [1.54, 1.807) is 6.08 Å². The maximum atomic E-state index is 11.0. The Morgan fingerprint density at radius 2 is 2.10 bits per heavy atom. The number of carbonyl (C=O) groups excluding carboxylic acids is 1. The maximum Gasteiger partial charge on any atom is 0.177 e. The van der Waals surface area contributed by atoms with Gasteiger partial charge in [-0.05, 0) is 6.08 Å². The van der Waals surface area contributed by atoms with E-state index in [1.165, 1.54) is 0 Å². The highest BCUT2D eigenvalue weighted by Crippen LogP contribution is 2.05. The van der Waals surface area contributed by atoms with Crippen molar-refractivity contribution in [2.75, 3.05) is 0 Å². The zero-order chi connectivity index (χ0) is 6.97. The van der Waals surface area contributed by atoms with Crippen LogP contribution in [-0.2, 0) is 4.79 Å². The van der Waals surface area contributed by atoms with Gasteiger partial charge in [0.05, 0.1) is 6.04 Å². The fourth-order valence-electron chi connectivity index (χ4n) is 1.09. The summed E-state index contributed by atoms with van der Waals surface area (Å²) in [5.41, 5.74) is 5.85. The molecule has 0 fully saturated rings. The van der Waals surface area contributed by atoms with Gasteiger partial charge in [-0.15, -0.1) is 0 Å². The molecule has 0 aromatic heterocycles. The van der Waals surface area contributed by atoms with Crippen LogP contribution >= 0.6 is 0 Å². The maximum absolute atomic E-state index is 11.0. The summed E-state index contributed by atoms with van der Waals surface area (Å²) in [5, 5.41) is 0. The first-order chi connectivity index (χ1) is 4.86. The first kappa shape index (κ1) is 5.82. The van der Waals surface area contributed by atoms with Gasteiger partial charge in [0.25, 0.3) is 0 Å². The Kier molecular flexibility index (Phi) is 1.19. The van der Waals surface area contributed by atoms with Gasteiger partial charge in [0.15, 0.2) is 5.78 Å². The Balaban J connectivity index is 2.37. The summed E-state index contributed by atoms with van der Waals surface area (Å²) < 4.78 is 0. The fourth-order valence-corrected chi connectivity index (χ4v) is 1.09. The second-order valence-electron chi connectivity index (χ2n) is 2.44. The Morgan fingerprint density at radius 3 is 2.80 bits per heavy atom. The Labute approximate surface area is 58.8 Å². The third kappa shape index (κ3) is 0.798. The highest BCUT2D eigenvalue weighted by atomic mass is 16.1.